The molecular weight excluding hydrogens is 422 g/mol. The molecule has 1 aromatic rings. The molecule has 4 saturated carbocycles. The molecule has 0 aromatic heterocycles. The molecule has 4 fully saturated rings. The first-order valence-electron chi connectivity index (χ1n) is 10.5. The predicted octanol–water partition coefficient (Wildman–Crippen LogP) is 3.50. The van der Waals surface area contributed by atoms with Gasteiger partial charge in [-0.3, -0.25) is 14.3 Å². The zero-order chi connectivity index (χ0) is 22.4. The van der Waals surface area contributed by atoms with E-state index in [1.807, 2.05) is 0 Å². The Morgan fingerprint density at radius 3 is 2.39 bits per heavy atom. The van der Waals surface area contributed by atoms with Crippen LogP contribution in [-0.4, -0.2) is 37.6 Å². The molecule has 168 valence electrons. The van der Waals surface area contributed by atoms with E-state index in [1.54, 1.807) is 18.2 Å². The van der Waals surface area contributed by atoms with Gasteiger partial charge in [0, 0.05) is 35.2 Å². The number of carbonyl (C=O) groups is 1. The van der Waals surface area contributed by atoms with E-state index in [0.29, 0.717) is 25.7 Å². The maximum Gasteiger partial charge on any atom is 0.333 e. The number of hydrogen-bond donors (Lipinski definition) is 0. The number of esters is 1. The van der Waals surface area contributed by atoms with E-state index in [4.69, 9.17) is 8.92 Å². The molecule has 4 bridgehead atoms. The molecule has 0 aliphatic heterocycles. The molecule has 4 aliphatic rings. The molecule has 4 aliphatic carbocycles. The highest BCUT2D eigenvalue weighted by molar-refractivity contribution is 7.86. The highest BCUT2D eigenvalue weighted by Gasteiger charge is 2.66. The first-order chi connectivity index (χ1) is 14.6. The minimum atomic E-state index is -4.06. The highest BCUT2D eigenvalue weighted by Crippen LogP contribution is 2.64. The fraction of sp³-hybridized carbons (Fsp3) is 0.591. The van der Waals surface area contributed by atoms with Gasteiger partial charge >= 0.3 is 5.97 Å². The molecule has 31 heavy (non-hydrogen) atoms. The van der Waals surface area contributed by atoms with Crippen molar-refractivity contribution >= 4 is 16.1 Å². The van der Waals surface area contributed by atoms with Gasteiger partial charge in [-0.05, 0) is 50.2 Å². The van der Waals surface area contributed by atoms with Crippen LogP contribution >= 0.6 is 0 Å². The molecule has 0 saturated heterocycles. The zero-order valence-electron chi connectivity index (χ0n) is 17.5. The summed E-state index contributed by atoms with van der Waals surface area (Å²) in [7, 11) is -4.06. The molecule has 5 rings (SSSR count). The van der Waals surface area contributed by atoms with Crippen LogP contribution < -0.4 is 0 Å². The molecule has 3 unspecified atom stereocenters. The number of ether oxygens (including phenoxy) is 1. The monoisotopic (exact) mass is 449 g/mol. The van der Waals surface area contributed by atoms with Crippen molar-refractivity contribution in [2.75, 3.05) is 6.61 Å². The van der Waals surface area contributed by atoms with Crippen molar-refractivity contribution in [3.05, 3.63) is 52.6 Å². The summed E-state index contributed by atoms with van der Waals surface area (Å²) in [6.07, 6.45) is 2.69. The lowest BCUT2D eigenvalue weighted by Crippen LogP contribution is -2.63. The third kappa shape index (κ3) is 4.01. The van der Waals surface area contributed by atoms with Gasteiger partial charge in [0.15, 0.2) is 0 Å². The highest BCUT2D eigenvalue weighted by atomic mass is 32.2. The lowest BCUT2D eigenvalue weighted by molar-refractivity contribution is -0.593. The third-order valence-electron chi connectivity index (χ3n) is 7.15. The SMILES string of the molecule is C=C(C)C(=O)OC(COS(=O)(=O)c1ccccc1)C12CC3CC(C1)CC([N+](=O)[O-])(C3)C2. The van der Waals surface area contributed by atoms with Crippen LogP contribution in [0.5, 0.6) is 0 Å². The van der Waals surface area contributed by atoms with Gasteiger partial charge in [0.2, 0.25) is 5.54 Å². The second kappa shape index (κ2) is 7.70. The van der Waals surface area contributed by atoms with Crippen LogP contribution in [0.25, 0.3) is 0 Å². The van der Waals surface area contributed by atoms with Crippen molar-refractivity contribution < 1.29 is 27.1 Å². The first-order valence-corrected chi connectivity index (χ1v) is 11.9. The van der Waals surface area contributed by atoms with Gasteiger partial charge < -0.3 is 4.74 Å². The maximum absolute atomic E-state index is 12.7. The smallest absolute Gasteiger partial charge is 0.333 e. The normalized spacial score (nSPS) is 32.4. The molecule has 8 nitrogen and oxygen atoms in total. The Kier molecular flexibility index (Phi) is 5.46. The van der Waals surface area contributed by atoms with E-state index in [1.165, 1.54) is 19.1 Å². The molecule has 3 atom stereocenters. The summed E-state index contributed by atoms with van der Waals surface area (Å²) < 4.78 is 36.4. The minimum absolute atomic E-state index is 0.00671. The molecule has 1 aromatic carbocycles. The summed E-state index contributed by atoms with van der Waals surface area (Å²) in [6.45, 7) is 4.75. The van der Waals surface area contributed by atoms with Crippen molar-refractivity contribution in [3.63, 3.8) is 0 Å². The van der Waals surface area contributed by atoms with Crippen molar-refractivity contribution in [1.82, 2.24) is 0 Å². The average Bonchev–Trinajstić information content (AvgIpc) is 2.70. The lowest BCUT2D eigenvalue weighted by Gasteiger charge is -2.59. The Bertz CT molecular complexity index is 990. The fourth-order valence-corrected chi connectivity index (χ4v) is 7.18. The zero-order valence-corrected chi connectivity index (χ0v) is 18.3. The summed E-state index contributed by atoms with van der Waals surface area (Å²) in [4.78, 5) is 24.2. The van der Waals surface area contributed by atoms with Crippen molar-refractivity contribution in [2.45, 2.75) is 62.0 Å². The van der Waals surface area contributed by atoms with Crippen LogP contribution in [-0.2, 0) is 23.8 Å². The third-order valence-corrected chi connectivity index (χ3v) is 8.45. The molecule has 0 amide bonds. The lowest BCUT2D eigenvalue weighted by atomic mass is 9.45. The number of carbonyl (C=O) groups excluding carboxylic acids is 1. The summed E-state index contributed by atoms with van der Waals surface area (Å²) in [6, 6.07) is 7.74. The first kappa shape index (κ1) is 22.0. The predicted molar refractivity (Wildman–Crippen MR) is 111 cm³/mol. The van der Waals surface area contributed by atoms with Crippen LogP contribution in [0.2, 0.25) is 0 Å². The van der Waals surface area contributed by atoms with Crippen LogP contribution in [0.1, 0.15) is 45.4 Å². The van der Waals surface area contributed by atoms with Crippen molar-refractivity contribution in [1.29, 1.82) is 0 Å². The van der Waals surface area contributed by atoms with Gasteiger partial charge in [0.05, 0.1) is 4.90 Å². The van der Waals surface area contributed by atoms with Crippen LogP contribution in [0.15, 0.2) is 47.4 Å². The summed E-state index contributed by atoms with van der Waals surface area (Å²) >= 11 is 0. The van der Waals surface area contributed by atoms with Crippen LogP contribution in [0, 0.1) is 27.4 Å². The largest absolute Gasteiger partial charge is 0.456 e. The van der Waals surface area contributed by atoms with Crippen molar-refractivity contribution in [3.8, 4) is 0 Å². The summed E-state index contributed by atoms with van der Waals surface area (Å²) in [5.41, 5.74) is -1.52. The Balaban J connectivity index is 1.63. The Morgan fingerprint density at radius 2 is 1.84 bits per heavy atom. The maximum atomic E-state index is 12.7. The average molecular weight is 450 g/mol. The van der Waals surface area contributed by atoms with E-state index < -0.39 is 33.1 Å². The Morgan fingerprint density at radius 1 is 1.23 bits per heavy atom. The van der Waals surface area contributed by atoms with E-state index in [9.17, 15) is 23.3 Å². The second-order valence-electron chi connectivity index (χ2n) is 9.53. The topological polar surface area (TPSA) is 113 Å². The van der Waals surface area contributed by atoms with Crippen LogP contribution in [0.4, 0.5) is 0 Å². The minimum Gasteiger partial charge on any atom is -0.456 e. The number of hydrogen-bond acceptors (Lipinski definition) is 7. The Labute approximate surface area is 181 Å². The number of nitro groups is 1. The van der Waals surface area contributed by atoms with Gasteiger partial charge in [-0.25, -0.2) is 4.79 Å². The van der Waals surface area contributed by atoms with Gasteiger partial charge in [0.25, 0.3) is 10.1 Å². The van der Waals surface area contributed by atoms with E-state index >= 15 is 0 Å². The molecule has 0 N–H and O–H groups in total. The van der Waals surface area contributed by atoms with E-state index in [2.05, 4.69) is 6.58 Å². The summed E-state index contributed by atoms with van der Waals surface area (Å²) in [5, 5.41) is 12.0. The number of benzene rings is 1. The van der Waals surface area contributed by atoms with Gasteiger partial charge in [-0.1, -0.05) is 24.8 Å². The van der Waals surface area contributed by atoms with Gasteiger partial charge in [0.1, 0.15) is 12.7 Å². The number of rotatable bonds is 8. The van der Waals surface area contributed by atoms with Crippen LogP contribution in [0.3, 0.4) is 0 Å². The van der Waals surface area contributed by atoms with Gasteiger partial charge in [-0.15, -0.1) is 0 Å². The van der Waals surface area contributed by atoms with Crippen molar-refractivity contribution in [2.24, 2.45) is 17.3 Å². The fourth-order valence-electron chi connectivity index (χ4n) is 6.25. The number of nitrogens with zero attached hydrogens (tertiary/aromatic N) is 1. The summed E-state index contributed by atoms with van der Waals surface area (Å²) in [5.74, 6) is -0.302. The molecule has 0 radical (unpaired) electrons. The van der Waals surface area contributed by atoms with Gasteiger partial charge in [-0.2, -0.15) is 8.42 Å². The van der Waals surface area contributed by atoms with E-state index in [0.717, 1.165) is 6.42 Å². The standard InChI is InChI=1S/C22H27NO7S/c1-15(2)20(24)30-19(13-29-31(27,28)18-6-4-3-5-7-18)21-9-16-8-17(10-21)12-22(11-16,14-21)23(25)26/h3-7,16-17,19H,1,8-14H2,2H3. The Hall–Kier alpha value is -2.26. The molecule has 0 spiro atoms. The molecule has 0 heterocycles. The molecule has 9 heteroatoms. The second-order valence-corrected chi connectivity index (χ2v) is 11.1. The van der Waals surface area contributed by atoms with E-state index in [-0.39, 0.29) is 40.3 Å². The quantitative estimate of drug-likeness (QED) is 0.196. The molecular formula is C22H27NO7S.